The van der Waals surface area contributed by atoms with Crippen molar-refractivity contribution in [2.75, 3.05) is 6.54 Å². The Balaban J connectivity index is 1.74. The van der Waals surface area contributed by atoms with E-state index in [2.05, 4.69) is 29.4 Å². The van der Waals surface area contributed by atoms with Crippen LogP contribution >= 0.6 is 11.3 Å². The van der Waals surface area contributed by atoms with Crippen LogP contribution in [0.25, 0.3) is 0 Å². The highest BCUT2D eigenvalue weighted by atomic mass is 32.1. The predicted octanol–water partition coefficient (Wildman–Crippen LogP) is 4.11. The Morgan fingerprint density at radius 2 is 1.97 bits per heavy atom. The van der Waals surface area contributed by atoms with Gasteiger partial charge in [0, 0.05) is 24.4 Å². The minimum Gasteiger partial charge on any atom is -0.340 e. The van der Waals surface area contributed by atoms with Crippen LogP contribution in [-0.4, -0.2) is 47.3 Å². The van der Waals surface area contributed by atoms with E-state index in [1.54, 1.807) is 11.4 Å². The molecule has 1 aliphatic heterocycles. The van der Waals surface area contributed by atoms with Crippen LogP contribution in [0.4, 0.5) is 0 Å². The molecule has 6 nitrogen and oxygen atoms in total. The largest absolute Gasteiger partial charge is 0.340 e. The van der Waals surface area contributed by atoms with E-state index in [4.69, 9.17) is 0 Å². The molecule has 1 aromatic heterocycles. The Kier molecular flexibility index (Phi) is 9.08. The van der Waals surface area contributed by atoms with Gasteiger partial charge in [-0.25, -0.2) is 0 Å². The first-order valence-corrected chi connectivity index (χ1v) is 12.9. The average Bonchev–Trinajstić information content (AvgIpc) is 3.27. The molecular formula is C24H37N3O3S. The van der Waals surface area contributed by atoms with Crippen molar-refractivity contribution < 1.29 is 14.4 Å². The molecule has 2 N–H and O–H groups in total. The number of nitrogens with one attached hydrogen (secondary N) is 2. The van der Waals surface area contributed by atoms with E-state index in [-0.39, 0.29) is 23.6 Å². The summed E-state index contributed by atoms with van der Waals surface area (Å²) >= 11 is 1.46. The first-order valence-electron chi connectivity index (χ1n) is 11.9. The number of Topliss-reactive ketones (excluding diaryl/α,β-unsaturated/α-hetero) is 1. The maximum absolute atomic E-state index is 13.4. The van der Waals surface area contributed by atoms with Crippen LogP contribution in [-0.2, 0) is 9.59 Å². The van der Waals surface area contributed by atoms with Crippen molar-refractivity contribution in [1.29, 1.82) is 0 Å². The molecule has 3 atom stereocenters. The Labute approximate surface area is 190 Å². The molecule has 1 unspecified atom stereocenters. The molecule has 1 saturated heterocycles. The van der Waals surface area contributed by atoms with E-state index in [9.17, 15) is 14.4 Å². The Bertz CT molecular complexity index is 730. The number of carbonyl (C=O) groups is 3. The zero-order valence-corrected chi connectivity index (χ0v) is 19.7. The maximum atomic E-state index is 13.4. The zero-order chi connectivity index (χ0) is 22.2. The highest BCUT2D eigenvalue weighted by Gasteiger charge is 2.35. The van der Waals surface area contributed by atoms with Gasteiger partial charge in [-0.3, -0.25) is 19.3 Å². The van der Waals surface area contributed by atoms with Crippen molar-refractivity contribution in [3.63, 3.8) is 0 Å². The first kappa shape index (κ1) is 23.9. The van der Waals surface area contributed by atoms with Crippen LogP contribution < -0.4 is 10.6 Å². The lowest BCUT2D eigenvalue weighted by molar-refractivity contribution is -0.133. The summed E-state index contributed by atoms with van der Waals surface area (Å²) in [5, 5.41) is 9.67. The van der Waals surface area contributed by atoms with E-state index < -0.39 is 12.2 Å². The normalized spacial score (nSPS) is 24.4. The number of amides is 2. The quantitative estimate of drug-likeness (QED) is 0.629. The maximum Gasteiger partial charge on any atom is 0.252 e. The number of hydrogen-bond donors (Lipinski definition) is 2. The van der Waals surface area contributed by atoms with Crippen LogP contribution in [0.1, 0.15) is 88.4 Å². The third-order valence-electron chi connectivity index (χ3n) is 6.71. The number of likely N-dealkylation sites (tertiary alicyclic amines) is 1. The van der Waals surface area contributed by atoms with Gasteiger partial charge >= 0.3 is 0 Å². The van der Waals surface area contributed by atoms with E-state index in [0.29, 0.717) is 24.3 Å². The molecule has 7 heteroatoms. The van der Waals surface area contributed by atoms with Gasteiger partial charge in [0.15, 0.2) is 5.78 Å². The average molecular weight is 448 g/mol. The number of nitrogens with zero attached hydrogens (tertiary/aromatic N) is 1. The third-order valence-corrected chi connectivity index (χ3v) is 7.39. The van der Waals surface area contributed by atoms with E-state index in [0.717, 1.165) is 38.6 Å². The lowest BCUT2D eigenvalue weighted by atomic mass is 9.84. The molecule has 0 radical (unpaired) electrons. The van der Waals surface area contributed by atoms with Crippen LogP contribution in [0, 0.1) is 5.92 Å². The summed E-state index contributed by atoms with van der Waals surface area (Å²) < 4.78 is 0. The summed E-state index contributed by atoms with van der Waals surface area (Å²) in [6.45, 7) is 4.99. The lowest BCUT2D eigenvalue weighted by Crippen LogP contribution is -2.59. The molecule has 1 aliphatic carbocycles. The number of carbonyl (C=O) groups excluding carboxylic acids is 3. The number of hydrogen-bond acceptors (Lipinski definition) is 5. The molecule has 3 rings (SSSR count). The Morgan fingerprint density at radius 3 is 2.65 bits per heavy atom. The van der Waals surface area contributed by atoms with Gasteiger partial charge in [-0.15, -0.1) is 0 Å². The fourth-order valence-electron chi connectivity index (χ4n) is 4.94. The topological polar surface area (TPSA) is 78.5 Å². The highest BCUT2D eigenvalue weighted by molar-refractivity contribution is 7.08. The van der Waals surface area contributed by atoms with E-state index >= 15 is 0 Å². The standard InChI is InChI=1S/C24H37N3O3S/c1-3-13-27-17(2)8-7-11-21(28)22(27)26-24(30)20(15-18-9-5-4-6-10-18)25-23(29)19-12-14-31-16-19/h12,14,16-18,20,22H,3-11,13,15H2,1-2H3,(H,25,29)(H,26,30)/t17-,20?,22+/m1/s1. The van der Waals surface area contributed by atoms with Crippen molar-refractivity contribution >= 4 is 28.9 Å². The second-order valence-electron chi connectivity index (χ2n) is 9.13. The molecular weight excluding hydrogens is 410 g/mol. The number of rotatable bonds is 8. The van der Waals surface area contributed by atoms with Crippen molar-refractivity contribution in [2.45, 2.75) is 96.3 Å². The highest BCUT2D eigenvalue weighted by Crippen LogP contribution is 2.28. The lowest BCUT2D eigenvalue weighted by Gasteiger charge is -2.35. The van der Waals surface area contributed by atoms with E-state index in [1.807, 2.05) is 5.38 Å². The third kappa shape index (κ3) is 6.62. The van der Waals surface area contributed by atoms with Crippen LogP contribution in [0.2, 0.25) is 0 Å². The van der Waals surface area contributed by atoms with Gasteiger partial charge in [-0.05, 0) is 50.0 Å². The summed E-state index contributed by atoms with van der Waals surface area (Å²) in [5.41, 5.74) is 0.582. The van der Waals surface area contributed by atoms with Crippen molar-refractivity contribution in [2.24, 2.45) is 5.92 Å². The van der Waals surface area contributed by atoms with Gasteiger partial charge in [-0.1, -0.05) is 39.0 Å². The van der Waals surface area contributed by atoms with Gasteiger partial charge in [0.25, 0.3) is 5.91 Å². The number of thiophene rings is 1. The molecule has 0 aromatic carbocycles. The second kappa shape index (κ2) is 11.8. The summed E-state index contributed by atoms with van der Waals surface area (Å²) in [6, 6.07) is 1.40. The Morgan fingerprint density at radius 1 is 1.19 bits per heavy atom. The van der Waals surface area contributed by atoms with Crippen molar-refractivity contribution in [3.05, 3.63) is 22.4 Å². The van der Waals surface area contributed by atoms with Gasteiger partial charge in [0.2, 0.25) is 5.91 Å². The molecule has 2 aliphatic rings. The SMILES string of the molecule is CCCN1[C@H](C)CCCC(=O)[C@H]1NC(=O)C(CC1CCCCC1)NC(=O)c1ccsc1. The first-order chi connectivity index (χ1) is 15.0. The van der Waals surface area contributed by atoms with Crippen LogP contribution in [0.5, 0.6) is 0 Å². The van der Waals surface area contributed by atoms with Crippen LogP contribution in [0.15, 0.2) is 16.8 Å². The minimum atomic E-state index is -0.620. The molecule has 172 valence electrons. The minimum absolute atomic E-state index is 0.0757. The second-order valence-corrected chi connectivity index (χ2v) is 9.91. The fraction of sp³-hybridized carbons (Fsp3) is 0.708. The number of ketones is 1. The predicted molar refractivity (Wildman–Crippen MR) is 124 cm³/mol. The van der Waals surface area contributed by atoms with Crippen LogP contribution in [0.3, 0.4) is 0 Å². The fourth-order valence-corrected chi connectivity index (χ4v) is 5.58. The summed E-state index contributed by atoms with van der Waals surface area (Å²) in [7, 11) is 0. The summed E-state index contributed by atoms with van der Waals surface area (Å²) in [5.74, 6) is 0.0559. The van der Waals surface area contributed by atoms with Crippen molar-refractivity contribution in [3.8, 4) is 0 Å². The molecule has 0 spiro atoms. The monoisotopic (exact) mass is 447 g/mol. The molecule has 31 heavy (non-hydrogen) atoms. The molecule has 2 amide bonds. The molecule has 2 fully saturated rings. The molecule has 1 aromatic rings. The van der Waals surface area contributed by atoms with Gasteiger partial charge < -0.3 is 10.6 Å². The Hall–Kier alpha value is -1.73. The van der Waals surface area contributed by atoms with E-state index in [1.165, 1.54) is 30.6 Å². The zero-order valence-electron chi connectivity index (χ0n) is 18.9. The molecule has 0 bridgehead atoms. The van der Waals surface area contributed by atoms with Gasteiger partial charge in [0.1, 0.15) is 12.2 Å². The smallest absolute Gasteiger partial charge is 0.252 e. The summed E-state index contributed by atoms with van der Waals surface area (Å²) in [4.78, 5) is 41.1. The van der Waals surface area contributed by atoms with Gasteiger partial charge in [-0.2, -0.15) is 11.3 Å². The molecule has 1 saturated carbocycles. The van der Waals surface area contributed by atoms with Gasteiger partial charge in [0.05, 0.1) is 5.56 Å². The summed E-state index contributed by atoms with van der Waals surface area (Å²) in [6.07, 6.45) is 9.05. The molecule has 2 heterocycles. The van der Waals surface area contributed by atoms with Crippen molar-refractivity contribution in [1.82, 2.24) is 15.5 Å².